The molecular weight excluding hydrogens is 603 g/mol. The first-order valence-electron chi connectivity index (χ1n) is 10.7. The summed E-state index contributed by atoms with van der Waals surface area (Å²) in [6.45, 7) is 0.340. The molecule has 3 aromatic carbocycles. The molecule has 7 nitrogen and oxygen atoms in total. The molecule has 1 aromatic heterocycles. The Balaban J connectivity index is 1.69. The molecule has 37 heavy (non-hydrogen) atoms. The fraction of sp³-hybridized carbons (Fsp3) is 0.0769. The number of nitrogens with zero attached hydrogens (tertiary/aromatic N) is 2. The van der Waals surface area contributed by atoms with Crippen molar-refractivity contribution in [2.45, 2.75) is 11.4 Å². The van der Waals surface area contributed by atoms with Crippen molar-refractivity contribution in [2.24, 2.45) is 0 Å². The molecule has 0 fully saturated rings. The molecule has 4 rings (SSSR count). The van der Waals surface area contributed by atoms with Gasteiger partial charge in [-0.3, -0.25) is 4.90 Å². The fourth-order valence-corrected chi connectivity index (χ4v) is 4.94. The molecule has 4 aromatic rings. The van der Waals surface area contributed by atoms with Crippen molar-refractivity contribution < 1.29 is 22.7 Å². The van der Waals surface area contributed by atoms with E-state index in [1.54, 1.807) is 42.6 Å². The fourth-order valence-electron chi connectivity index (χ4n) is 3.46. The van der Waals surface area contributed by atoms with Crippen LogP contribution in [0.15, 0.2) is 86.7 Å². The van der Waals surface area contributed by atoms with Gasteiger partial charge in [0.1, 0.15) is 0 Å². The highest BCUT2D eigenvalue weighted by molar-refractivity contribution is 9.10. The maximum atomic E-state index is 11.8. The zero-order valence-electron chi connectivity index (χ0n) is 19.2. The van der Waals surface area contributed by atoms with Crippen LogP contribution in [0.4, 0.5) is 11.7 Å². The van der Waals surface area contributed by atoms with Gasteiger partial charge in [-0.15, -0.1) is 0 Å². The Morgan fingerprint density at radius 3 is 2.43 bits per heavy atom. The molecule has 190 valence electrons. The van der Waals surface area contributed by atoms with Gasteiger partial charge in [0.25, 0.3) is 0 Å². The zero-order chi connectivity index (χ0) is 26.7. The van der Waals surface area contributed by atoms with Gasteiger partial charge in [-0.25, -0.2) is 18.2 Å². The van der Waals surface area contributed by atoms with Gasteiger partial charge < -0.3 is 9.52 Å². The van der Waals surface area contributed by atoms with Crippen LogP contribution < -0.4 is 4.90 Å². The van der Waals surface area contributed by atoms with Crippen LogP contribution in [0.2, 0.25) is 10.0 Å². The molecule has 0 saturated heterocycles. The molecule has 0 spiro atoms. The number of halogens is 3. The van der Waals surface area contributed by atoms with E-state index in [-0.39, 0.29) is 10.9 Å². The molecule has 1 N–H and O–H groups in total. The van der Waals surface area contributed by atoms with E-state index >= 15 is 0 Å². The summed E-state index contributed by atoms with van der Waals surface area (Å²) in [5.41, 5.74) is 2.93. The van der Waals surface area contributed by atoms with Crippen molar-refractivity contribution in [3.05, 3.63) is 98.6 Å². The van der Waals surface area contributed by atoms with Crippen LogP contribution >= 0.6 is 39.1 Å². The third-order valence-electron chi connectivity index (χ3n) is 5.32. The number of carbonyl (C=O) groups is 1. The molecule has 0 bridgehead atoms. The molecule has 0 atom stereocenters. The van der Waals surface area contributed by atoms with Crippen LogP contribution in [-0.4, -0.2) is 30.7 Å². The van der Waals surface area contributed by atoms with Crippen molar-refractivity contribution in [1.82, 2.24) is 4.98 Å². The van der Waals surface area contributed by atoms with Crippen molar-refractivity contribution in [2.75, 3.05) is 11.2 Å². The van der Waals surface area contributed by atoms with Gasteiger partial charge in [0, 0.05) is 28.1 Å². The summed E-state index contributed by atoms with van der Waals surface area (Å²) in [5.74, 6) is -0.581. The van der Waals surface area contributed by atoms with E-state index in [1.165, 1.54) is 18.2 Å². The second kappa shape index (κ2) is 11.1. The minimum Gasteiger partial charge on any atom is -0.478 e. The van der Waals surface area contributed by atoms with E-state index in [1.807, 2.05) is 17.0 Å². The molecule has 0 saturated carbocycles. The molecule has 0 amide bonds. The van der Waals surface area contributed by atoms with Gasteiger partial charge in [-0.2, -0.15) is 0 Å². The van der Waals surface area contributed by atoms with E-state index in [2.05, 4.69) is 20.9 Å². The maximum absolute atomic E-state index is 11.8. The number of rotatable bonds is 8. The summed E-state index contributed by atoms with van der Waals surface area (Å²) >= 11 is 15.9. The second-order valence-electron chi connectivity index (χ2n) is 8.02. The molecule has 11 heteroatoms. The minimum atomic E-state index is -3.32. The first-order chi connectivity index (χ1) is 17.5. The van der Waals surface area contributed by atoms with E-state index in [0.29, 0.717) is 39.2 Å². The smallest absolute Gasteiger partial charge is 0.328 e. The zero-order valence-corrected chi connectivity index (χ0v) is 23.1. The Morgan fingerprint density at radius 1 is 1.08 bits per heavy atom. The van der Waals surface area contributed by atoms with E-state index in [0.717, 1.165) is 22.4 Å². The average molecular weight is 622 g/mol. The van der Waals surface area contributed by atoms with Crippen LogP contribution in [0.5, 0.6) is 0 Å². The van der Waals surface area contributed by atoms with Crippen LogP contribution in [0, 0.1) is 0 Å². The third kappa shape index (κ3) is 6.61. The van der Waals surface area contributed by atoms with E-state index in [4.69, 9.17) is 32.7 Å². The molecular formula is C26H19BrCl2N2O5S. The number of carboxylic acid groups (broad SMARTS) is 1. The standard InChI is InChI=1S/C26H19BrCl2N2O5S/c1-37(34,35)20-8-4-18(5-9-20)24-14-30-26(36-24)31(19-7-10-22(28)23(29)13-19)15-16-2-3-17(21(27)12-16)6-11-25(32)33/h2-14H,15H2,1H3,(H,32,33). The molecule has 0 radical (unpaired) electrons. The Kier molecular flexibility index (Phi) is 8.08. The summed E-state index contributed by atoms with van der Waals surface area (Å²) in [7, 11) is -3.32. The molecule has 0 aliphatic rings. The van der Waals surface area contributed by atoms with Crippen LogP contribution in [0.3, 0.4) is 0 Å². The number of hydrogen-bond acceptors (Lipinski definition) is 6. The Bertz CT molecular complexity index is 1600. The topological polar surface area (TPSA) is 101 Å². The SMILES string of the molecule is CS(=O)(=O)c1ccc(-c2cnc(N(Cc3ccc(C=CC(=O)O)c(Br)c3)c3ccc(Cl)c(Cl)c3)o2)cc1. The Labute approximate surface area is 232 Å². The number of anilines is 2. The van der Waals surface area contributed by atoms with Crippen LogP contribution in [-0.2, 0) is 21.2 Å². The Hall–Kier alpha value is -3.11. The maximum Gasteiger partial charge on any atom is 0.328 e. The first-order valence-corrected chi connectivity index (χ1v) is 14.1. The second-order valence-corrected chi connectivity index (χ2v) is 11.7. The predicted octanol–water partition coefficient (Wildman–Crippen LogP) is 7.25. The van der Waals surface area contributed by atoms with Gasteiger partial charge >= 0.3 is 12.0 Å². The number of sulfone groups is 1. The normalized spacial score (nSPS) is 11.7. The van der Waals surface area contributed by atoms with E-state index in [9.17, 15) is 13.2 Å². The quantitative estimate of drug-likeness (QED) is 0.207. The van der Waals surface area contributed by atoms with Gasteiger partial charge in [0.05, 0.1) is 27.7 Å². The average Bonchev–Trinajstić information content (AvgIpc) is 3.33. The summed E-state index contributed by atoms with van der Waals surface area (Å²) in [5, 5.41) is 9.66. The largest absolute Gasteiger partial charge is 0.478 e. The predicted molar refractivity (Wildman–Crippen MR) is 148 cm³/mol. The summed E-state index contributed by atoms with van der Waals surface area (Å²) in [4.78, 5) is 17.3. The van der Waals surface area contributed by atoms with Gasteiger partial charge in [-0.1, -0.05) is 51.3 Å². The number of aromatic nitrogens is 1. The molecule has 0 unspecified atom stereocenters. The monoisotopic (exact) mass is 620 g/mol. The highest BCUT2D eigenvalue weighted by Gasteiger charge is 2.19. The molecule has 1 heterocycles. The number of carboxylic acids is 1. The summed E-state index contributed by atoms with van der Waals surface area (Å²) in [6, 6.07) is 17.3. The van der Waals surface area contributed by atoms with Gasteiger partial charge in [0.2, 0.25) is 0 Å². The molecule has 0 aliphatic heterocycles. The van der Waals surface area contributed by atoms with Crippen molar-refractivity contribution in [1.29, 1.82) is 0 Å². The van der Waals surface area contributed by atoms with Crippen molar-refractivity contribution >= 4 is 72.7 Å². The van der Waals surface area contributed by atoms with Gasteiger partial charge in [0.15, 0.2) is 15.6 Å². The third-order valence-corrected chi connectivity index (χ3v) is 7.87. The summed E-state index contributed by atoms with van der Waals surface area (Å²) in [6.07, 6.45) is 5.28. The number of benzene rings is 3. The number of oxazole rings is 1. The van der Waals surface area contributed by atoms with Crippen LogP contribution in [0.1, 0.15) is 11.1 Å². The van der Waals surface area contributed by atoms with Crippen LogP contribution in [0.25, 0.3) is 17.4 Å². The first kappa shape index (κ1) is 26.9. The van der Waals surface area contributed by atoms with Crippen molar-refractivity contribution in [3.8, 4) is 11.3 Å². The highest BCUT2D eigenvalue weighted by Crippen LogP contribution is 2.35. The van der Waals surface area contributed by atoms with Crippen molar-refractivity contribution in [3.63, 3.8) is 0 Å². The van der Waals surface area contributed by atoms with Gasteiger partial charge in [-0.05, 0) is 65.7 Å². The lowest BCUT2D eigenvalue weighted by Crippen LogP contribution is -2.17. The van der Waals surface area contributed by atoms with E-state index < -0.39 is 15.8 Å². The lowest BCUT2D eigenvalue weighted by Gasteiger charge is -2.22. The summed E-state index contributed by atoms with van der Waals surface area (Å²) < 4.78 is 30.3. The lowest BCUT2D eigenvalue weighted by molar-refractivity contribution is -0.131. The lowest BCUT2D eigenvalue weighted by atomic mass is 10.1. The Morgan fingerprint density at radius 2 is 1.81 bits per heavy atom. The number of aliphatic carboxylic acids is 1. The molecule has 0 aliphatic carbocycles. The minimum absolute atomic E-state index is 0.209. The number of hydrogen-bond donors (Lipinski definition) is 1. The highest BCUT2D eigenvalue weighted by atomic mass is 79.9.